The van der Waals surface area contributed by atoms with Gasteiger partial charge in [0.2, 0.25) is 10.0 Å². The highest BCUT2D eigenvalue weighted by molar-refractivity contribution is 7.89. The van der Waals surface area contributed by atoms with E-state index in [1.54, 1.807) is 18.2 Å². The molecule has 6 nitrogen and oxygen atoms in total. The molecule has 1 unspecified atom stereocenters. The van der Waals surface area contributed by atoms with Gasteiger partial charge in [-0.15, -0.1) is 0 Å². The monoisotopic (exact) mass is 341 g/mol. The van der Waals surface area contributed by atoms with Crippen molar-refractivity contribution in [2.24, 2.45) is 0 Å². The van der Waals surface area contributed by atoms with E-state index in [1.807, 2.05) is 0 Å². The molecule has 2 aliphatic heterocycles. The number of ether oxygens (including phenoxy) is 2. The molecule has 23 heavy (non-hydrogen) atoms. The van der Waals surface area contributed by atoms with Gasteiger partial charge in [0.25, 0.3) is 0 Å². The van der Waals surface area contributed by atoms with Gasteiger partial charge in [-0.3, -0.25) is 0 Å². The van der Waals surface area contributed by atoms with Crippen molar-refractivity contribution in [2.45, 2.75) is 42.3 Å². The SMILES string of the molecule is COc1cccc(S(=O)(=O)N2CCC3(CC2)OCCCC3O)c1. The molecule has 1 N–H and O–H groups in total. The first-order chi connectivity index (χ1) is 11.0. The molecule has 0 aromatic heterocycles. The molecule has 2 fully saturated rings. The van der Waals surface area contributed by atoms with Crippen LogP contribution in [0.5, 0.6) is 5.75 Å². The van der Waals surface area contributed by atoms with Gasteiger partial charge in [0, 0.05) is 25.8 Å². The van der Waals surface area contributed by atoms with Crippen LogP contribution in [0.3, 0.4) is 0 Å². The van der Waals surface area contributed by atoms with Gasteiger partial charge in [-0.2, -0.15) is 4.31 Å². The number of hydrogen-bond donors (Lipinski definition) is 1. The molecule has 0 saturated carbocycles. The minimum absolute atomic E-state index is 0.234. The van der Waals surface area contributed by atoms with Crippen LogP contribution in [0.25, 0.3) is 0 Å². The second-order valence-electron chi connectivity index (χ2n) is 6.15. The maximum Gasteiger partial charge on any atom is 0.243 e. The van der Waals surface area contributed by atoms with Crippen LogP contribution in [0.4, 0.5) is 0 Å². The Morgan fingerprint density at radius 2 is 2.09 bits per heavy atom. The van der Waals surface area contributed by atoms with E-state index in [0.717, 1.165) is 12.8 Å². The first kappa shape index (κ1) is 16.7. The van der Waals surface area contributed by atoms with E-state index in [1.165, 1.54) is 17.5 Å². The fourth-order valence-corrected chi connectivity index (χ4v) is 4.88. The molecule has 2 heterocycles. The van der Waals surface area contributed by atoms with Crippen LogP contribution < -0.4 is 4.74 Å². The van der Waals surface area contributed by atoms with E-state index in [0.29, 0.717) is 38.3 Å². The summed E-state index contributed by atoms with van der Waals surface area (Å²) in [6.45, 7) is 1.35. The van der Waals surface area contributed by atoms with E-state index in [9.17, 15) is 13.5 Å². The fraction of sp³-hybridized carbons (Fsp3) is 0.625. The average Bonchev–Trinajstić information content (AvgIpc) is 2.58. The lowest BCUT2D eigenvalue weighted by Crippen LogP contribution is -2.56. The van der Waals surface area contributed by atoms with Crippen molar-refractivity contribution in [2.75, 3.05) is 26.8 Å². The Balaban J connectivity index is 1.75. The van der Waals surface area contributed by atoms with Crippen molar-refractivity contribution in [1.82, 2.24) is 4.31 Å². The van der Waals surface area contributed by atoms with Crippen molar-refractivity contribution in [3.8, 4) is 5.75 Å². The lowest BCUT2D eigenvalue weighted by molar-refractivity contribution is -0.172. The first-order valence-electron chi connectivity index (χ1n) is 7.94. The first-order valence-corrected chi connectivity index (χ1v) is 9.38. The van der Waals surface area contributed by atoms with Gasteiger partial charge in [-0.1, -0.05) is 6.07 Å². The predicted octanol–water partition coefficient (Wildman–Crippen LogP) is 1.39. The second-order valence-corrected chi connectivity index (χ2v) is 8.09. The topological polar surface area (TPSA) is 76.1 Å². The number of benzene rings is 1. The number of aliphatic hydroxyl groups excluding tert-OH is 1. The molecule has 0 amide bonds. The summed E-state index contributed by atoms with van der Waals surface area (Å²) in [5.41, 5.74) is -0.571. The maximum atomic E-state index is 12.8. The summed E-state index contributed by atoms with van der Waals surface area (Å²) in [5.74, 6) is 0.519. The molecular formula is C16H23NO5S. The van der Waals surface area contributed by atoms with Crippen molar-refractivity contribution < 1.29 is 23.0 Å². The highest BCUT2D eigenvalue weighted by Crippen LogP contribution is 2.36. The normalized spacial score (nSPS) is 25.4. The van der Waals surface area contributed by atoms with Crippen LogP contribution in [0.1, 0.15) is 25.7 Å². The van der Waals surface area contributed by atoms with Crippen LogP contribution in [-0.2, 0) is 14.8 Å². The quantitative estimate of drug-likeness (QED) is 0.899. The zero-order chi connectivity index (χ0) is 16.5. The van der Waals surface area contributed by atoms with Crippen LogP contribution in [0.15, 0.2) is 29.2 Å². The van der Waals surface area contributed by atoms with Crippen LogP contribution in [-0.4, -0.2) is 56.3 Å². The number of nitrogens with zero attached hydrogens (tertiary/aromatic N) is 1. The van der Waals surface area contributed by atoms with E-state index in [2.05, 4.69) is 0 Å². The number of sulfonamides is 1. The molecule has 1 spiro atoms. The zero-order valence-corrected chi connectivity index (χ0v) is 14.1. The van der Waals surface area contributed by atoms with Crippen molar-refractivity contribution in [3.63, 3.8) is 0 Å². The molecular weight excluding hydrogens is 318 g/mol. The molecule has 1 atom stereocenters. The Labute approximate surface area is 137 Å². The highest BCUT2D eigenvalue weighted by Gasteiger charge is 2.45. The molecule has 128 valence electrons. The number of hydrogen-bond acceptors (Lipinski definition) is 5. The summed E-state index contributed by atoms with van der Waals surface area (Å²) >= 11 is 0. The molecule has 0 bridgehead atoms. The zero-order valence-electron chi connectivity index (χ0n) is 13.3. The van der Waals surface area contributed by atoms with Gasteiger partial charge in [0.15, 0.2) is 0 Å². The lowest BCUT2D eigenvalue weighted by Gasteiger charge is -2.46. The Morgan fingerprint density at radius 1 is 1.35 bits per heavy atom. The predicted molar refractivity (Wildman–Crippen MR) is 84.9 cm³/mol. The molecule has 7 heteroatoms. The van der Waals surface area contributed by atoms with Crippen LogP contribution in [0.2, 0.25) is 0 Å². The van der Waals surface area contributed by atoms with Gasteiger partial charge in [-0.25, -0.2) is 8.42 Å². The maximum absolute atomic E-state index is 12.8. The third-order valence-electron chi connectivity index (χ3n) is 4.87. The number of aliphatic hydroxyl groups is 1. The molecule has 1 aromatic carbocycles. The Kier molecular flexibility index (Phi) is 4.64. The fourth-order valence-electron chi connectivity index (χ4n) is 3.40. The minimum Gasteiger partial charge on any atom is -0.497 e. The van der Waals surface area contributed by atoms with Gasteiger partial charge in [-0.05, 0) is 37.8 Å². The molecule has 2 aliphatic rings. The summed E-state index contributed by atoms with van der Waals surface area (Å²) in [6.07, 6.45) is 2.13. The Morgan fingerprint density at radius 3 is 2.74 bits per heavy atom. The van der Waals surface area contributed by atoms with Crippen LogP contribution in [0, 0.1) is 0 Å². The number of rotatable bonds is 3. The number of piperidine rings is 1. The summed E-state index contributed by atoms with van der Waals surface area (Å²) in [6, 6.07) is 6.50. The van der Waals surface area contributed by atoms with Crippen molar-refractivity contribution in [3.05, 3.63) is 24.3 Å². The molecule has 2 saturated heterocycles. The van der Waals surface area contributed by atoms with Crippen molar-refractivity contribution >= 4 is 10.0 Å². The second kappa shape index (κ2) is 6.39. The van der Waals surface area contributed by atoms with Gasteiger partial charge < -0.3 is 14.6 Å². The number of methoxy groups -OCH3 is 1. The molecule has 1 aromatic rings. The van der Waals surface area contributed by atoms with E-state index in [4.69, 9.17) is 9.47 Å². The standard InChI is InChI=1S/C16H23NO5S/c1-21-13-4-2-5-14(12-13)23(19,20)17-9-7-16(8-10-17)15(18)6-3-11-22-16/h2,4-5,12,15,18H,3,6-11H2,1H3. The van der Waals surface area contributed by atoms with Gasteiger partial charge in [0.05, 0.1) is 23.7 Å². The molecule has 0 aliphatic carbocycles. The van der Waals surface area contributed by atoms with E-state index < -0.39 is 21.7 Å². The lowest BCUT2D eigenvalue weighted by atomic mass is 9.82. The van der Waals surface area contributed by atoms with Gasteiger partial charge >= 0.3 is 0 Å². The summed E-state index contributed by atoms with van der Waals surface area (Å²) in [4.78, 5) is 0.234. The third-order valence-corrected chi connectivity index (χ3v) is 6.76. The summed E-state index contributed by atoms with van der Waals surface area (Å²) in [7, 11) is -2.04. The third kappa shape index (κ3) is 3.10. The summed E-state index contributed by atoms with van der Waals surface area (Å²) in [5, 5.41) is 10.2. The smallest absolute Gasteiger partial charge is 0.243 e. The van der Waals surface area contributed by atoms with Crippen molar-refractivity contribution in [1.29, 1.82) is 0 Å². The molecule has 0 radical (unpaired) electrons. The Hall–Kier alpha value is -1.15. The highest BCUT2D eigenvalue weighted by atomic mass is 32.2. The molecule has 3 rings (SSSR count). The Bertz CT molecular complexity index is 652. The van der Waals surface area contributed by atoms with E-state index in [-0.39, 0.29) is 4.90 Å². The minimum atomic E-state index is -3.55. The van der Waals surface area contributed by atoms with Gasteiger partial charge in [0.1, 0.15) is 5.75 Å². The largest absolute Gasteiger partial charge is 0.497 e. The van der Waals surface area contributed by atoms with E-state index >= 15 is 0 Å². The van der Waals surface area contributed by atoms with Crippen LogP contribution >= 0.6 is 0 Å². The summed E-state index contributed by atoms with van der Waals surface area (Å²) < 4.78 is 38.0. The average molecular weight is 341 g/mol.